The SMILES string of the molecule is CC1(C)c2ccccc2-c2c1c1ccc3c4c1n2-c1ccccc1B4c1ccccc1N3c1ccccc1.c1ccc(-c2c(-c3ccccc3)n3c4c5c(ccc24)N(c2ccccc2)c2ccccc2B5c2ccccc2-3)cc1. The first-order valence-electron chi connectivity index (χ1n) is 27.8. The maximum atomic E-state index is 2.60. The summed E-state index contributed by atoms with van der Waals surface area (Å²) in [7, 11) is 0. The molecule has 0 radical (unpaired) electrons. The molecule has 0 unspecified atom stereocenters. The summed E-state index contributed by atoms with van der Waals surface area (Å²) < 4.78 is 5.15. The Morgan fingerprint density at radius 3 is 1.24 bits per heavy atom. The molecule has 6 heterocycles. The largest absolute Gasteiger partial charge is 0.311 e. The molecule has 0 amide bonds. The minimum atomic E-state index is -0.0653. The molecular formula is C73H50B2N4. The van der Waals surface area contributed by atoms with Gasteiger partial charge in [-0.25, -0.2) is 0 Å². The Bertz CT molecular complexity index is 4660. The van der Waals surface area contributed by atoms with Gasteiger partial charge in [-0.3, -0.25) is 0 Å². The number of benzene rings is 11. The molecule has 368 valence electrons. The van der Waals surface area contributed by atoms with Gasteiger partial charge in [0.05, 0.1) is 22.4 Å². The van der Waals surface area contributed by atoms with Crippen molar-refractivity contribution in [3.8, 4) is 45.0 Å². The first-order valence-corrected chi connectivity index (χ1v) is 27.8. The van der Waals surface area contributed by atoms with Gasteiger partial charge in [-0.1, -0.05) is 220 Å². The van der Waals surface area contributed by atoms with Crippen molar-refractivity contribution in [2.75, 3.05) is 9.80 Å². The predicted molar refractivity (Wildman–Crippen MR) is 334 cm³/mol. The molecule has 0 saturated heterocycles. The Balaban J connectivity index is 0.000000127. The minimum absolute atomic E-state index is 0.0653. The van der Waals surface area contributed by atoms with E-state index in [0.717, 1.165) is 0 Å². The van der Waals surface area contributed by atoms with Gasteiger partial charge in [0.1, 0.15) is 0 Å². The van der Waals surface area contributed by atoms with E-state index < -0.39 is 0 Å². The average molecular weight is 1000 g/mol. The quantitative estimate of drug-likeness (QED) is 0.163. The fraction of sp³-hybridized carbons (Fsp3) is 0.0411. The van der Waals surface area contributed by atoms with E-state index in [2.05, 4.69) is 300 Å². The molecule has 0 spiro atoms. The Morgan fingerprint density at radius 2 is 0.709 bits per heavy atom. The van der Waals surface area contributed by atoms with Crippen LogP contribution in [0.1, 0.15) is 25.0 Å². The van der Waals surface area contributed by atoms with Gasteiger partial charge >= 0.3 is 0 Å². The van der Waals surface area contributed by atoms with E-state index in [4.69, 9.17) is 0 Å². The molecule has 0 fully saturated rings. The fourth-order valence-corrected chi connectivity index (χ4v) is 14.9. The molecule has 0 N–H and O–H groups in total. The number of hydrogen-bond acceptors (Lipinski definition) is 2. The summed E-state index contributed by atoms with van der Waals surface area (Å²) in [6.07, 6.45) is 0. The number of nitrogens with zero attached hydrogens (tertiary/aromatic N) is 4. The molecule has 18 rings (SSSR count). The Kier molecular flexibility index (Phi) is 9.33. The van der Waals surface area contributed by atoms with Gasteiger partial charge in [-0.05, 0) is 116 Å². The second-order valence-corrected chi connectivity index (χ2v) is 22.3. The highest BCUT2D eigenvalue weighted by Gasteiger charge is 2.48. The lowest BCUT2D eigenvalue weighted by Crippen LogP contribution is -2.60. The summed E-state index contributed by atoms with van der Waals surface area (Å²) in [6, 6.07) is 97.9. The lowest BCUT2D eigenvalue weighted by molar-refractivity contribution is 0.666. The van der Waals surface area contributed by atoms with Crippen LogP contribution in [0.15, 0.2) is 267 Å². The minimum Gasteiger partial charge on any atom is -0.311 e. The number of rotatable bonds is 4. The van der Waals surface area contributed by atoms with Crippen LogP contribution in [-0.4, -0.2) is 22.6 Å². The van der Waals surface area contributed by atoms with Crippen LogP contribution < -0.4 is 42.6 Å². The summed E-state index contributed by atoms with van der Waals surface area (Å²) in [5.41, 5.74) is 31.5. The van der Waals surface area contributed by atoms with Crippen LogP contribution in [0.4, 0.5) is 34.1 Å². The van der Waals surface area contributed by atoms with Gasteiger partial charge in [-0.15, -0.1) is 0 Å². The van der Waals surface area contributed by atoms with E-state index in [0.29, 0.717) is 0 Å². The third kappa shape index (κ3) is 6.01. The van der Waals surface area contributed by atoms with Crippen LogP contribution in [0.3, 0.4) is 0 Å². The van der Waals surface area contributed by atoms with E-state index in [-0.39, 0.29) is 18.8 Å². The Labute approximate surface area is 460 Å². The topological polar surface area (TPSA) is 16.3 Å². The van der Waals surface area contributed by atoms with Crippen molar-refractivity contribution >= 4 is 102 Å². The van der Waals surface area contributed by atoms with Crippen molar-refractivity contribution in [1.82, 2.24) is 9.13 Å². The van der Waals surface area contributed by atoms with Crippen LogP contribution in [0.2, 0.25) is 0 Å². The number of para-hydroxylation sites is 6. The maximum absolute atomic E-state index is 2.60. The van der Waals surface area contributed by atoms with E-state index in [1.54, 1.807) is 0 Å². The van der Waals surface area contributed by atoms with Crippen molar-refractivity contribution in [1.29, 1.82) is 0 Å². The summed E-state index contributed by atoms with van der Waals surface area (Å²) in [5, 5.41) is 2.67. The molecule has 0 atom stereocenters. The summed E-state index contributed by atoms with van der Waals surface area (Å²) in [5.74, 6) is 0. The van der Waals surface area contributed by atoms with Crippen LogP contribution in [0.25, 0.3) is 66.8 Å². The molecule has 6 heteroatoms. The zero-order valence-electron chi connectivity index (χ0n) is 43.8. The van der Waals surface area contributed by atoms with Crippen LogP contribution in [-0.2, 0) is 5.41 Å². The normalized spacial score (nSPS) is 13.9. The lowest BCUT2D eigenvalue weighted by Gasteiger charge is -2.40. The molecule has 4 aliphatic heterocycles. The third-order valence-electron chi connectivity index (χ3n) is 17.9. The van der Waals surface area contributed by atoms with Gasteiger partial charge in [0.2, 0.25) is 0 Å². The van der Waals surface area contributed by atoms with Crippen molar-refractivity contribution < 1.29 is 0 Å². The smallest absolute Gasteiger partial charge is 0.252 e. The zero-order valence-corrected chi connectivity index (χ0v) is 43.8. The van der Waals surface area contributed by atoms with Crippen LogP contribution in [0, 0.1) is 0 Å². The Morgan fingerprint density at radius 1 is 0.316 bits per heavy atom. The second kappa shape index (κ2) is 16.6. The van der Waals surface area contributed by atoms with E-state index >= 15 is 0 Å². The van der Waals surface area contributed by atoms with Crippen LogP contribution in [0.5, 0.6) is 0 Å². The molecule has 5 aliphatic rings. The monoisotopic (exact) mass is 1000 g/mol. The predicted octanol–water partition coefficient (Wildman–Crippen LogP) is 14.1. The van der Waals surface area contributed by atoms with E-state index in [1.807, 2.05) is 0 Å². The zero-order chi connectivity index (χ0) is 52.1. The van der Waals surface area contributed by atoms with Crippen molar-refractivity contribution in [2.45, 2.75) is 19.3 Å². The maximum Gasteiger partial charge on any atom is 0.252 e. The van der Waals surface area contributed by atoms with E-state index in [1.165, 1.54) is 145 Å². The van der Waals surface area contributed by atoms with Crippen molar-refractivity contribution in [2.24, 2.45) is 0 Å². The molecule has 0 saturated carbocycles. The van der Waals surface area contributed by atoms with Gasteiger partial charge < -0.3 is 18.9 Å². The van der Waals surface area contributed by atoms with Crippen LogP contribution >= 0.6 is 0 Å². The summed E-state index contributed by atoms with van der Waals surface area (Å²) in [6.45, 7) is 5.14. The third-order valence-corrected chi connectivity index (χ3v) is 17.9. The molecule has 11 aromatic carbocycles. The Hall–Kier alpha value is -9.77. The standard InChI is InChI=1S/C38H25BN2.C35H25BN2/c1-4-14-26(15-5-1)35-29-24-25-34-36-38(29)41(37(35)27-16-6-2-7-17-27)33-23-13-11-21-31(33)39(36)30-20-10-12-22-32(30)40(34)28-18-8-3-9-19-28;1-35(2)25-15-7-6-14-23(25)33-31(35)24-20-21-30-32-34(24)38(33)29-19-11-9-17-27(29)36(32)26-16-8-10-18-28(26)37(30)22-12-4-3-5-13-22/h1-25H;3-21H,1-2H3. The fourth-order valence-electron chi connectivity index (χ4n) is 14.9. The number of aromatic nitrogens is 2. The second-order valence-electron chi connectivity index (χ2n) is 22.3. The lowest BCUT2D eigenvalue weighted by atomic mass is 9.34. The average Bonchev–Trinajstić information content (AvgIpc) is 3.59. The number of anilines is 6. The van der Waals surface area contributed by atoms with Crippen molar-refractivity contribution in [3.05, 3.63) is 278 Å². The van der Waals surface area contributed by atoms with Gasteiger partial charge in [0.25, 0.3) is 13.4 Å². The van der Waals surface area contributed by atoms with Gasteiger partial charge in [0.15, 0.2) is 0 Å². The number of fused-ring (bicyclic) bond motifs is 15. The van der Waals surface area contributed by atoms with Gasteiger partial charge in [0, 0.05) is 72.8 Å². The molecule has 1 aliphatic carbocycles. The number of hydrogen-bond donors (Lipinski definition) is 0. The highest BCUT2D eigenvalue weighted by molar-refractivity contribution is 7.01. The summed E-state index contributed by atoms with van der Waals surface area (Å²) >= 11 is 0. The molecule has 0 bridgehead atoms. The molecular weight excluding hydrogens is 954 g/mol. The van der Waals surface area contributed by atoms with E-state index in [9.17, 15) is 0 Å². The highest BCUT2D eigenvalue weighted by Crippen LogP contribution is 2.55. The summed E-state index contributed by atoms with van der Waals surface area (Å²) in [4.78, 5) is 4.92. The molecule has 13 aromatic rings. The highest BCUT2D eigenvalue weighted by atomic mass is 15.2. The first kappa shape index (κ1) is 44.4. The van der Waals surface area contributed by atoms with Crippen molar-refractivity contribution in [3.63, 3.8) is 0 Å². The molecule has 79 heavy (non-hydrogen) atoms. The molecule has 4 nitrogen and oxygen atoms in total. The first-order chi connectivity index (χ1) is 39.1. The van der Waals surface area contributed by atoms with Gasteiger partial charge in [-0.2, -0.15) is 0 Å². The molecule has 2 aromatic heterocycles.